The lowest BCUT2D eigenvalue weighted by Crippen LogP contribution is -2.48. The number of piperazine rings is 1. The lowest BCUT2D eigenvalue weighted by molar-refractivity contribution is -0.122. The summed E-state index contributed by atoms with van der Waals surface area (Å²) < 4.78 is 2.33. The van der Waals surface area contributed by atoms with E-state index in [-0.39, 0.29) is 17.0 Å². The summed E-state index contributed by atoms with van der Waals surface area (Å²) in [4.78, 5) is 33.8. The van der Waals surface area contributed by atoms with Gasteiger partial charge in [-0.05, 0) is 37.0 Å². The maximum Gasteiger partial charge on any atom is 0.270 e. The zero-order chi connectivity index (χ0) is 27.9. The average molecular weight is 564 g/mol. The Morgan fingerprint density at radius 2 is 1.69 bits per heavy atom. The molecule has 0 atom stereocenters. The van der Waals surface area contributed by atoms with Gasteiger partial charge in [0.15, 0.2) is 0 Å². The predicted molar refractivity (Wildman–Crippen MR) is 164 cm³/mol. The first kappa shape index (κ1) is 29.1. The molecule has 7 nitrogen and oxygen atoms in total. The molecule has 0 N–H and O–H groups in total. The van der Waals surface area contributed by atoms with E-state index in [1.165, 1.54) is 17.3 Å². The Hall–Kier alpha value is -2.93. The van der Waals surface area contributed by atoms with E-state index >= 15 is 0 Å². The van der Waals surface area contributed by atoms with Crippen molar-refractivity contribution >= 4 is 46.1 Å². The van der Waals surface area contributed by atoms with Crippen molar-refractivity contribution in [1.82, 2.24) is 14.4 Å². The molecule has 206 valence electrons. The standard InChI is InChI=1S/C30H37N5O2S2/c1-4-6-13-34-27(33-17-15-32(16-18-33)21-23-11-9-8-10-12-23)24(22(3)25(20-31)28(34)36)19-26-29(37)35(14-7-5-2)30(38)39-26/h8-12,19H,4-7,13-18,21H2,1-3H3. The van der Waals surface area contributed by atoms with E-state index in [2.05, 4.69) is 54.0 Å². The number of thiocarbonyl (C=S) groups is 1. The van der Waals surface area contributed by atoms with Crippen LogP contribution in [0.15, 0.2) is 40.0 Å². The van der Waals surface area contributed by atoms with Crippen molar-refractivity contribution in [3.63, 3.8) is 0 Å². The number of thioether (sulfide) groups is 1. The second-order valence-electron chi connectivity index (χ2n) is 10.1. The van der Waals surface area contributed by atoms with Gasteiger partial charge in [0.05, 0.1) is 4.91 Å². The first-order valence-electron chi connectivity index (χ1n) is 13.8. The number of amides is 1. The Morgan fingerprint density at radius 3 is 2.33 bits per heavy atom. The van der Waals surface area contributed by atoms with Crippen molar-refractivity contribution in [2.45, 2.75) is 59.5 Å². The van der Waals surface area contributed by atoms with Crippen LogP contribution in [0.25, 0.3) is 6.08 Å². The number of nitrogens with zero attached hydrogens (tertiary/aromatic N) is 5. The highest BCUT2D eigenvalue weighted by atomic mass is 32.2. The molecule has 1 amide bonds. The largest absolute Gasteiger partial charge is 0.355 e. The summed E-state index contributed by atoms with van der Waals surface area (Å²) >= 11 is 6.84. The second kappa shape index (κ2) is 13.4. The van der Waals surface area contributed by atoms with Gasteiger partial charge >= 0.3 is 0 Å². The average Bonchev–Trinajstić information content (AvgIpc) is 3.21. The normalized spacial score (nSPS) is 17.3. The van der Waals surface area contributed by atoms with Gasteiger partial charge in [-0.1, -0.05) is 81.0 Å². The molecular weight excluding hydrogens is 526 g/mol. The minimum Gasteiger partial charge on any atom is -0.355 e. The molecule has 0 unspecified atom stereocenters. The van der Waals surface area contributed by atoms with Gasteiger partial charge in [-0.25, -0.2) is 0 Å². The van der Waals surface area contributed by atoms with Gasteiger partial charge in [-0.15, -0.1) is 0 Å². The maximum absolute atomic E-state index is 13.6. The van der Waals surface area contributed by atoms with E-state index in [0.717, 1.165) is 69.8 Å². The number of hydrogen-bond donors (Lipinski definition) is 0. The second-order valence-corrected chi connectivity index (χ2v) is 11.8. The van der Waals surface area contributed by atoms with Gasteiger partial charge in [0.25, 0.3) is 11.5 Å². The van der Waals surface area contributed by atoms with Gasteiger partial charge in [0, 0.05) is 51.4 Å². The van der Waals surface area contributed by atoms with Gasteiger partial charge in [0.2, 0.25) is 0 Å². The molecule has 2 aliphatic heterocycles. The Bertz CT molecular complexity index is 1340. The molecule has 2 aliphatic rings. The molecule has 0 saturated carbocycles. The van der Waals surface area contributed by atoms with E-state index in [1.807, 2.05) is 19.1 Å². The molecule has 0 radical (unpaired) electrons. The predicted octanol–water partition coefficient (Wildman–Crippen LogP) is 5.15. The van der Waals surface area contributed by atoms with Crippen molar-refractivity contribution in [1.29, 1.82) is 5.26 Å². The highest BCUT2D eigenvalue weighted by Crippen LogP contribution is 2.36. The number of carbonyl (C=O) groups excluding carboxylic acids is 1. The van der Waals surface area contributed by atoms with Crippen LogP contribution in [0.5, 0.6) is 0 Å². The SMILES string of the molecule is CCCCN1C(=O)C(=Cc2c(C)c(C#N)c(=O)n(CCCC)c2N2CCN(Cc3ccccc3)CC2)SC1=S. The number of benzene rings is 1. The first-order valence-corrected chi connectivity index (χ1v) is 15.1. The summed E-state index contributed by atoms with van der Waals surface area (Å²) in [5.41, 5.74) is 2.57. The van der Waals surface area contributed by atoms with Crippen LogP contribution in [0.4, 0.5) is 5.82 Å². The number of hydrogen-bond acceptors (Lipinski definition) is 7. The number of anilines is 1. The van der Waals surface area contributed by atoms with Crippen LogP contribution in [0, 0.1) is 18.3 Å². The van der Waals surface area contributed by atoms with E-state index in [1.54, 1.807) is 9.47 Å². The summed E-state index contributed by atoms with van der Waals surface area (Å²) in [6.45, 7) is 11.2. The zero-order valence-electron chi connectivity index (χ0n) is 23.1. The highest BCUT2D eigenvalue weighted by Gasteiger charge is 2.33. The summed E-state index contributed by atoms with van der Waals surface area (Å²) in [5, 5.41) is 9.94. The van der Waals surface area contributed by atoms with Crippen LogP contribution in [-0.4, -0.2) is 57.3 Å². The zero-order valence-corrected chi connectivity index (χ0v) is 24.7. The van der Waals surface area contributed by atoms with E-state index in [9.17, 15) is 14.9 Å². The topological polar surface area (TPSA) is 72.6 Å². The highest BCUT2D eigenvalue weighted by molar-refractivity contribution is 8.26. The molecule has 0 spiro atoms. The lowest BCUT2D eigenvalue weighted by Gasteiger charge is -2.38. The molecule has 0 bridgehead atoms. The van der Waals surface area contributed by atoms with Crippen LogP contribution in [0.3, 0.4) is 0 Å². The molecule has 9 heteroatoms. The number of aromatic nitrogens is 1. The number of rotatable bonds is 10. The minimum atomic E-state index is -0.252. The Labute approximate surface area is 241 Å². The molecule has 1 aromatic carbocycles. The molecule has 2 aromatic rings. The van der Waals surface area contributed by atoms with Crippen LogP contribution in [-0.2, 0) is 17.9 Å². The van der Waals surface area contributed by atoms with Crippen molar-refractivity contribution in [3.8, 4) is 6.07 Å². The summed E-state index contributed by atoms with van der Waals surface area (Å²) in [6, 6.07) is 12.6. The first-order chi connectivity index (χ1) is 18.9. The molecule has 2 saturated heterocycles. The van der Waals surface area contributed by atoms with E-state index < -0.39 is 0 Å². The Balaban J connectivity index is 1.73. The van der Waals surface area contributed by atoms with Gasteiger partial charge in [-0.3, -0.25) is 24.0 Å². The molecule has 3 heterocycles. The fourth-order valence-corrected chi connectivity index (χ4v) is 6.40. The number of nitriles is 1. The smallest absolute Gasteiger partial charge is 0.270 e. The third kappa shape index (κ3) is 6.46. The van der Waals surface area contributed by atoms with Crippen molar-refractivity contribution < 1.29 is 4.79 Å². The van der Waals surface area contributed by atoms with Crippen molar-refractivity contribution in [2.24, 2.45) is 0 Å². The summed E-state index contributed by atoms with van der Waals surface area (Å²) in [5.74, 6) is 0.712. The molecule has 2 fully saturated rings. The summed E-state index contributed by atoms with van der Waals surface area (Å²) in [7, 11) is 0. The number of carbonyl (C=O) groups is 1. The molecule has 1 aromatic heterocycles. The fourth-order valence-electron chi connectivity index (χ4n) is 5.11. The third-order valence-electron chi connectivity index (χ3n) is 7.39. The summed E-state index contributed by atoms with van der Waals surface area (Å²) in [6.07, 6.45) is 5.49. The van der Waals surface area contributed by atoms with Crippen LogP contribution >= 0.6 is 24.0 Å². The monoisotopic (exact) mass is 563 g/mol. The van der Waals surface area contributed by atoms with E-state index in [0.29, 0.717) is 27.9 Å². The quantitative estimate of drug-likeness (QED) is 0.292. The minimum absolute atomic E-state index is 0.0960. The third-order valence-corrected chi connectivity index (χ3v) is 8.76. The lowest BCUT2D eigenvalue weighted by atomic mass is 10.0. The molecule has 4 rings (SSSR count). The Morgan fingerprint density at radius 1 is 1.03 bits per heavy atom. The van der Waals surface area contributed by atoms with Crippen LogP contribution < -0.4 is 10.5 Å². The molecule has 39 heavy (non-hydrogen) atoms. The van der Waals surface area contributed by atoms with Crippen LogP contribution in [0.2, 0.25) is 0 Å². The van der Waals surface area contributed by atoms with Crippen LogP contribution in [0.1, 0.15) is 61.8 Å². The van der Waals surface area contributed by atoms with Gasteiger partial charge < -0.3 is 4.90 Å². The van der Waals surface area contributed by atoms with Crippen molar-refractivity contribution in [2.75, 3.05) is 37.6 Å². The fraction of sp³-hybridized carbons (Fsp3) is 0.467. The molecular formula is C30H37N5O2S2. The molecule has 0 aliphatic carbocycles. The number of pyridine rings is 1. The van der Waals surface area contributed by atoms with Gasteiger partial charge in [-0.2, -0.15) is 5.26 Å². The van der Waals surface area contributed by atoms with Crippen molar-refractivity contribution in [3.05, 3.63) is 67.8 Å². The van der Waals surface area contributed by atoms with Gasteiger partial charge in [0.1, 0.15) is 21.8 Å². The number of unbranched alkanes of at least 4 members (excludes halogenated alkanes) is 2. The Kier molecular flexibility index (Phi) is 10.0. The van der Waals surface area contributed by atoms with E-state index in [4.69, 9.17) is 12.2 Å². The maximum atomic E-state index is 13.6.